The maximum absolute atomic E-state index is 12.2. The van der Waals surface area contributed by atoms with E-state index in [1.54, 1.807) is 0 Å². The van der Waals surface area contributed by atoms with Gasteiger partial charge in [0.2, 0.25) is 0 Å². The summed E-state index contributed by atoms with van der Waals surface area (Å²) in [6.45, 7) is 4.21. The number of hydrogen-bond acceptors (Lipinski definition) is 3. The van der Waals surface area contributed by atoms with Crippen molar-refractivity contribution in [2.75, 3.05) is 13.2 Å². The summed E-state index contributed by atoms with van der Waals surface area (Å²) in [5, 5.41) is 4.61. The number of nitrogens with one attached hydrogen (secondary N) is 1. The van der Waals surface area contributed by atoms with E-state index < -0.39 is 0 Å². The third-order valence-electron chi connectivity index (χ3n) is 4.16. The van der Waals surface area contributed by atoms with Crippen LogP contribution in [0.3, 0.4) is 0 Å². The maximum atomic E-state index is 12.2. The van der Waals surface area contributed by atoms with E-state index in [1.807, 2.05) is 31.2 Å². The predicted octanol–water partition coefficient (Wildman–Crippen LogP) is 2.96. The van der Waals surface area contributed by atoms with Crippen molar-refractivity contribution in [2.45, 2.75) is 38.8 Å². The van der Waals surface area contributed by atoms with Crippen LogP contribution in [0.1, 0.15) is 36.7 Å². The average Bonchev–Trinajstić information content (AvgIpc) is 3.12. The van der Waals surface area contributed by atoms with Crippen LogP contribution in [0.2, 0.25) is 0 Å². The van der Waals surface area contributed by atoms with Crippen LogP contribution < -0.4 is 5.32 Å². The number of benzene rings is 1. The molecule has 3 rings (SSSR count). The highest BCUT2D eigenvalue weighted by molar-refractivity contribution is 5.95. The first kappa shape index (κ1) is 14.1. The number of rotatable bonds is 5. The monoisotopic (exact) mass is 286 g/mol. The molecule has 1 N–H and O–H groups in total. The van der Waals surface area contributed by atoms with E-state index in [9.17, 15) is 4.79 Å². The molecule has 0 aliphatic carbocycles. The van der Waals surface area contributed by atoms with Crippen molar-refractivity contribution in [2.24, 2.45) is 0 Å². The molecule has 1 atom stereocenters. The Balaban J connectivity index is 1.88. The van der Waals surface area contributed by atoms with E-state index in [-0.39, 0.29) is 5.97 Å². The molecule has 2 aromatic rings. The Morgan fingerprint density at radius 3 is 3.05 bits per heavy atom. The molecule has 1 saturated heterocycles. The molecule has 1 aromatic carbocycles. The molecule has 0 radical (unpaired) electrons. The maximum Gasteiger partial charge on any atom is 0.354 e. The van der Waals surface area contributed by atoms with Gasteiger partial charge in [-0.1, -0.05) is 18.2 Å². The largest absolute Gasteiger partial charge is 0.461 e. The van der Waals surface area contributed by atoms with E-state index >= 15 is 0 Å². The second-order valence-corrected chi connectivity index (χ2v) is 5.54. The molecule has 1 fully saturated rings. The number of esters is 1. The van der Waals surface area contributed by atoms with Crippen LogP contribution in [-0.2, 0) is 11.3 Å². The smallest absolute Gasteiger partial charge is 0.354 e. The van der Waals surface area contributed by atoms with Crippen LogP contribution in [0.15, 0.2) is 30.3 Å². The Labute approximate surface area is 125 Å². The second-order valence-electron chi connectivity index (χ2n) is 5.54. The Morgan fingerprint density at radius 1 is 1.43 bits per heavy atom. The number of aryl methyl sites for hydroxylation is 1. The SMILES string of the molecule is CCOC(=O)c1cc2ccccc2n1CCC1CCCN1. The number of aromatic nitrogens is 1. The molecule has 21 heavy (non-hydrogen) atoms. The van der Waals surface area contributed by atoms with Crippen molar-refractivity contribution in [3.05, 3.63) is 36.0 Å². The van der Waals surface area contributed by atoms with Gasteiger partial charge in [-0.05, 0) is 44.9 Å². The molecule has 1 unspecified atom stereocenters. The predicted molar refractivity (Wildman–Crippen MR) is 83.5 cm³/mol. The molecule has 0 bridgehead atoms. The molecule has 1 aliphatic rings. The fourth-order valence-corrected chi connectivity index (χ4v) is 3.11. The number of hydrogen-bond donors (Lipinski definition) is 1. The second kappa shape index (κ2) is 6.31. The Bertz CT molecular complexity index is 627. The summed E-state index contributed by atoms with van der Waals surface area (Å²) in [6.07, 6.45) is 3.53. The van der Waals surface area contributed by atoms with E-state index in [2.05, 4.69) is 16.0 Å². The van der Waals surface area contributed by atoms with Crippen LogP contribution in [0.4, 0.5) is 0 Å². The molecule has 1 aliphatic heterocycles. The minimum absolute atomic E-state index is 0.229. The van der Waals surface area contributed by atoms with E-state index in [1.165, 1.54) is 12.8 Å². The van der Waals surface area contributed by atoms with E-state index in [0.29, 0.717) is 18.3 Å². The van der Waals surface area contributed by atoms with Gasteiger partial charge in [0.05, 0.1) is 6.61 Å². The summed E-state index contributed by atoms with van der Waals surface area (Å²) in [7, 11) is 0. The van der Waals surface area contributed by atoms with Crippen molar-refractivity contribution in [3.8, 4) is 0 Å². The highest BCUT2D eigenvalue weighted by Gasteiger charge is 2.19. The molecule has 0 amide bonds. The third kappa shape index (κ3) is 2.95. The highest BCUT2D eigenvalue weighted by atomic mass is 16.5. The molecule has 112 valence electrons. The van der Waals surface area contributed by atoms with Crippen LogP contribution in [0, 0.1) is 0 Å². The summed E-state index contributed by atoms with van der Waals surface area (Å²) in [5.74, 6) is -0.229. The van der Waals surface area contributed by atoms with Crippen LogP contribution in [-0.4, -0.2) is 29.7 Å². The lowest BCUT2D eigenvalue weighted by Gasteiger charge is -2.14. The van der Waals surface area contributed by atoms with Gasteiger partial charge < -0.3 is 14.6 Å². The number of carbonyl (C=O) groups excluding carboxylic acids is 1. The van der Waals surface area contributed by atoms with Gasteiger partial charge in [0.25, 0.3) is 0 Å². The Kier molecular flexibility index (Phi) is 4.25. The Hall–Kier alpha value is -1.81. The van der Waals surface area contributed by atoms with Gasteiger partial charge in [-0.15, -0.1) is 0 Å². The third-order valence-corrected chi connectivity index (χ3v) is 4.16. The molecule has 2 heterocycles. The molecular formula is C17H22N2O2. The zero-order valence-electron chi connectivity index (χ0n) is 12.5. The van der Waals surface area contributed by atoms with Gasteiger partial charge in [0, 0.05) is 23.5 Å². The van der Waals surface area contributed by atoms with Crippen LogP contribution >= 0.6 is 0 Å². The summed E-state index contributed by atoms with van der Waals surface area (Å²) in [5.41, 5.74) is 1.77. The number of para-hydroxylation sites is 1. The van der Waals surface area contributed by atoms with Gasteiger partial charge in [0.1, 0.15) is 5.69 Å². The minimum Gasteiger partial charge on any atom is -0.461 e. The lowest BCUT2D eigenvalue weighted by Crippen LogP contribution is -2.23. The zero-order valence-corrected chi connectivity index (χ0v) is 12.5. The summed E-state index contributed by atoms with van der Waals surface area (Å²) >= 11 is 0. The average molecular weight is 286 g/mol. The summed E-state index contributed by atoms with van der Waals surface area (Å²) in [4.78, 5) is 12.2. The quantitative estimate of drug-likeness (QED) is 0.859. The lowest BCUT2D eigenvalue weighted by molar-refractivity contribution is 0.0514. The van der Waals surface area contributed by atoms with Crippen molar-refractivity contribution in [1.82, 2.24) is 9.88 Å². The zero-order chi connectivity index (χ0) is 14.7. The van der Waals surface area contributed by atoms with Gasteiger partial charge in [0.15, 0.2) is 0 Å². The number of fused-ring (bicyclic) bond motifs is 1. The Morgan fingerprint density at radius 2 is 2.29 bits per heavy atom. The van der Waals surface area contributed by atoms with Crippen molar-refractivity contribution in [1.29, 1.82) is 0 Å². The molecule has 0 spiro atoms. The van der Waals surface area contributed by atoms with Crippen molar-refractivity contribution >= 4 is 16.9 Å². The van der Waals surface area contributed by atoms with Gasteiger partial charge >= 0.3 is 5.97 Å². The number of ether oxygens (including phenoxy) is 1. The molecule has 4 heteroatoms. The first-order valence-corrected chi connectivity index (χ1v) is 7.78. The van der Waals surface area contributed by atoms with E-state index in [0.717, 1.165) is 30.4 Å². The molecule has 0 saturated carbocycles. The molecule has 1 aromatic heterocycles. The van der Waals surface area contributed by atoms with Gasteiger partial charge in [-0.3, -0.25) is 0 Å². The molecular weight excluding hydrogens is 264 g/mol. The van der Waals surface area contributed by atoms with Crippen molar-refractivity contribution < 1.29 is 9.53 Å². The summed E-state index contributed by atoms with van der Waals surface area (Å²) < 4.78 is 7.30. The fraction of sp³-hybridized carbons (Fsp3) is 0.471. The number of nitrogens with zero attached hydrogens (tertiary/aromatic N) is 1. The normalized spacial score (nSPS) is 18.2. The van der Waals surface area contributed by atoms with Gasteiger partial charge in [-0.2, -0.15) is 0 Å². The lowest BCUT2D eigenvalue weighted by atomic mass is 10.1. The topological polar surface area (TPSA) is 43.3 Å². The van der Waals surface area contributed by atoms with Crippen LogP contribution in [0.25, 0.3) is 10.9 Å². The highest BCUT2D eigenvalue weighted by Crippen LogP contribution is 2.22. The van der Waals surface area contributed by atoms with Crippen LogP contribution in [0.5, 0.6) is 0 Å². The van der Waals surface area contributed by atoms with E-state index in [4.69, 9.17) is 4.74 Å². The van der Waals surface area contributed by atoms with Crippen molar-refractivity contribution in [3.63, 3.8) is 0 Å². The standard InChI is InChI=1S/C17H22N2O2/c1-2-21-17(20)16-12-13-6-3-4-8-15(13)19(16)11-9-14-7-5-10-18-14/h3-4,6,8,12,14,18H,2,5,7,9-11H2,1H3. The van der Waals surface area contributed by atoms with Gasteiger partial charge in [-0.25, -0.2) is 4.79 Å². The minimum atomic E-state index is -0.229. The summed E-state index contributed by atoms with van der Waals surface area (Å²) in [6, 6.07) is 10.6. The molecule has 4 nitrogen and oxygen atoms in total. The first-order valence-electron chi connectivity index (χ1n) is 7.78. The fourth-order valence-electron chi connectivity index (χ4n) is 3.11. The number of carbonyl (C=O) groups is 1. The first-order chi connectivity index (χ1) is 10.3.